The molecule has 4 rings (SSSR count). The number of hydrazone groups is 1. The summed E-state index contributed by atoms with van der Waals surface area (Å²) in [5.74, 6) is 0.501. The zero-order valence-corrected chi connectivity index (χ0v) is 17.1. The number of nitrogens with one attached hydrogen (secondary N) is 1. The lowest BCUT2D eigenvalue weighted by Gasteiger charge is -2.08. The average Bonchev–Trinajstić information content (AvgIpc) is 2.76. The van der Waals surface area contributed by atoms with Crippen molar-refractivity contribution >= 4 is 49.6 Å². The lowest BCUT2D eigenvalue weighted by molar-refractivity contribution is 0.0956. The van der Waals surface area contributed by atoms with Crippen molar-refractivity contribution in [2.75, 3.05) is 7.11 Å². The number of carbonyl (C=O) groups is 1. The molecule has 0 radical (unpaired) electrons. The number of phenols is 1. The summed E-state index contributed by atoms with van der Waals surface area (Å²) in [5.41, 5.74) is 3.54. The van der Waals surface area contributed by atoms with Crippen molar-refractivity contribution in [3.05, 3.63) is 82.3 Å². The largest absolute Gasteiger partial charge is 0.507 e. The van der Waals surface area contributed by atoms with Crippen LogP contribution in [-0.4, -0.2) is 24.3 Å². The number of carbonyl (C=O) groups excluding carboxylic acids is 1. The smallest absolute Gasteiger partial charge is 0.271 e. The van der Waals surface area contributed by atoms with E-state index >= 15 is 0 Å². The van der Waals surface area contributed by atoms with Crippen LogP contribution in [-0.2, 0) is 0 Å². The van der Waals surface area contributed by atoms with E-state index in [1.165, 1.54) is 6.21 Å². The maximum atomic E-state index is 12.6. The molecule has 0 heterocycles. The van der Waals surface area contributed by atoms with Crippen molar-refractivity contribution in [3.8, 4) is 11.5 Å². The molecule has 0 bridgehead atoms. The van der Waals surface area contributed by atoms with E-state index < -0.39 is 0 Å². The van der Waals surface area contributed by atoms with Crippen molar-refractivity contribution in [1.29, 1.82) is 0 Å². The van der Waals surface area contributed by atoms with Crippen molar-refractivity contribution in [3.63, 3.8) is 0 Å². The van der Waals surface area contributed by atoms with E-state index in [2.05, 4.69) is 26.5 Å². The van der Waals surface area contributed by atoms with Crippen LogP contribution in [0.2, 0.25) is 0 Å². The Morgan fingerprint density at radius 3 is 2.62 bits per heavy atom. The molecule has 0 spiro atoms. The van der Waals surface area contributed by atoms with Crippen LogP contribution in [0.15, 0.2) is 76.3 Å². The second kappa shape index (κ2) is 7.93. The van der Waals surface area contributed by atoms with Gasteiger partial charge < -0.3 is 9.84 Å². The number of aromatic hydroxyl groups is 1. The Labute approximate surface area is 175 Å². The molecule has 0 aromatic heterocycles. The van der Waals surface area contributed by atoms with Crippen molar-refractivity contribution in [1.82, 2.24) is 5.43 Å². The van der Waals surface area contributed by atoms with Gasteiger partial charge in [0.15, 0.2) is 0 Å². The second-order valence-electron chi connectivity index (χ2n) is 6.43. The summed E-state index contributed by atoms with van der Waals surface area (Å²) in [5, 5.41) is 17.9. The standard InChI is InChI=1S/C23H17BrN2O3/c1-29-16-9-10-17-14(11-16)5-4-8-20(17)23(28)26-25-13-15-12-21(24)18-6-2-3-7-19(18)22(15)27/h2-13,27H,1H3,(H,26,28)/b25-13-. The monoisotopic (exact) mass is 448 g/mol. The summed E-state index contributed by atoms with van der Waals surface area (Å²) in [6, 6.07) is 20.3. The van der Waals surface area contributed by atoms with E-state index in [1.807, 2.05) is 54.6 Å². The van der Waals surface area contributed by atoms with Gasteiger partial charge in [0.2, 0.25) is 0 Å². The van der Waals surface area contributed by atoms with Gasteiger partial charge in [-0.3, -0.25) is 4.79 Å². The van der Waals surface area contributed by atoms with Crippen LogP contribution < -0.4 is 10.2 Å². The van der Waals surface area contributed by atoms with Gasteiger partial charge >= 0.3 is 0 Å². The number of hydrogen-bond donors (Lipinski definition) is 2. The minimum atomic E-state index is -0.337. The van der Waals surface area contributed by atoms with Gasteiger partial charge in [-0.1, -0.05) is 52.3 Å². The second-order valence-corrected chi connectivity index (χ2v) is 7.29. The van der Waals surface area contributed by atoms with Gasteiger partial charge in [0.25, 0.3) is 5.91 Å². The number of amides is 1. The van der Waals surface area contributed by atoms with Gasteiger partial charge in [-0.25, -0.2) is 5.43 Å². The van der Waals surface area contributed by atoms with Gasteiger partial charge in [-0.2, -0.15) is 5.10 Å². The number of fused-ring (bicyclic) bond motifs is 2. The Hall–Kier alpha value is -3.38. The SMILES string of the molecule is COc1ccc2c(C(=O)N/N=C\c3cc(Br)c4ccccc4c3O)cccc2c1. The first-order valence-electron chi connectivity index (χ1n) is 8.89. The van der Waals surface area contributed by atoms with Crippen LogP contribution in [0.25, 0.3) is 21.5 Å². The van der Waals surface area contributed by atoms with Crippen LogP contribution >= 0.6 is 15.9 Å². The van der Waals surface area contributed by atoms with E-state index in [1.54, 1.807) is 19.2 Å². The molecular formula is C23H17BrN2O3. The first-order valence-corrected chi connectivity index (χ1v) is 9.68. The summed E-state index contributed by atoms with van der Waals surface area (Å²) in [6.07, 6.45) is 1.43. The number of halogens is 1. The van der Waals surface area contributed by atoms with Gasteiger partial charge in [-0.05, 0) is 46.5 Å². The van der Waals surface area contributed by atoms with Gasteiger partial charge in [-0.15, -0.1) is 0 Å². The highest BCUT2D eigenvalue weighted by Crippen LogP contribution is 2.33. The van der Waals surface area contributed by atoms with E-state index in [4.69, 9.17) is 4.74 Å². The molecule has 4 aromatic rings. The number of phenolic OH excluding ortho intramolecular Hbond substituents is 1. The normalized spacial score (nSPS) is 11.2. The number of hydrogen-bond acceptors (Lipinski definition) is 4. The third kappa shape index (κ3) is 3.67. The summed E-state index contributed by atoms with van der Waals surface area (Å²) in [4.78, 5) is 12.6. The highest BCUT2D eigenvalue weighted by molar-refractivity contribution is 9.10. The van der Waals surface area contributed by atoms with Crippen LogP contribution in [0.1, 0.15) is 15.9 Å². The molecule has 6 heteroatoms. The molecule has 1 amide bonds. The minimum absolute atomic E-state index is 0.110. The maximum Gasteiger partial charge on any atom is 0.271 e. The Kier molecular flexibility index (Phi) is 5.18. The molecule has 5 nitrogen and oxygen atoms in total. The number of benzene rings is 4. The molecule has 0 unspecified atom stereocenters. The Balaban J connectivity index is 1.61. The third-order valence-corrected chi connectivity index (χ3v) is 5.35. The molecule has 0 atom stereocenters. The molecule has 0 saturated carbocycles. The Morgan fingerprint density at radius 2 is 1.83 bits per heavy atom. The molecular weight excluding hydrogens is 432 g/mol. The van der Waals surface area contributed by atoms with Crippen LogP contribution in [0, 0.1) is 0 Å². The first kappa shape index (κ1) is 19.0. The average molecular weight is 449 g/mol. The molecule has 0 fully saturated rings. The third-order valence-electron chi connectivity index (χ3n) is 4.70. The minimum Gasteiger partial charge on any atom is -0.507 e. The quantitative estimate of drug-likeness (QED) is 0.331. The fourth-order valence-corrected chi connectivity index (χ4v) is 3.83. The molecule has 0 aliphatic heterocycles. The van der Waals surface area contributed by atoms with Crippen LogP contribution in [0.5, 0.6) is 11.5 Å². The fraction of sp³-hybridized carbons (Fsp3) is 0.0435. The van der Waals surface area contributed by atoms with E-state index in [0.717, 1.165) is 26.4 Å². The first-order chi connectivity index (χ1) is 14.1. The molecule has 0 saturated heterocycles. The topological polar surface area (TPSA) is 70.9 Å². The lowest BCUT2D eigenvalue weighted by atomic mass is 10.0. The van der Waals surface area contributed by atoms with E-state index in [9.17, 15) is 9.90 Å². The van der Waals surface area contributed by atoms with Gasteiger partial charge in [0.05, 0.1) is 13.3 Å². The lowest BCUT2D eigenvalue weighted by Crippen LogP contribution is -2.18. The highest BCUT2D eigenvalue weighted by atomic mass is 79.9. The van der Waals surface area contributed by atoms with E-state index in [-0.39, 0.29) is 11.7 Å². The molecule has 4 aromatic carbocycles. The Bertz CT molecular complexity index is 1270. The summed E-state index contributed by atoms with van der Waals surface area (Å²) in [6.45, 7) is 0. The molecule has 144 valence electrons. The zero-order valence-electron chi connectivity index (χ0n) is 15.5. The summed E-state index contributed by atoms with van der Waals surface area (Å²) in [7, 11) is 1.60. The number of ether oxygens (including phenoxy) is 1. The highest BCUT2D eigenvalue weighted by Gasteiger charge is 2.11. The maximum absolute atomic E-state index is 12.6. The Morgan fingerprint density at radius 1 is 1.03 bits per heavy atom. The van der Waals surface area contributed by atoms with E-state index in [0.29, 0.717) is 16.5 Å². The number of rotatable bonds is 4. The number of nitrogens with zero attached hydrogens (tertiary/aromatic N) is 1. The summed E-state index contributed by atoms with van der Waals surface area (Å²) >= 11 is 3.51. The summed E-state index contributed by atoms with van der Waals surface area (Å²) < 4.78 is 6.07. The van der Waals surface area contributed by atoms with Gasteiger partial charge in [0.1, 0.15) is 11.5 Å². The molecule has 29 heavy (non-hydrogen) atoms. The van der Waals surface area contributed by atoms with Crippen molar-refractivity contribution in [2.45, 2.75) is 0 Å². The van der Waals surface area contributed by atoms with Crippen LogP contribution in [0.4, 0.5) is 0 Å². The zero-order chi connectivity index (χ0) is 20.4. The fourth-order valence-electron chi connectivity index (χ4n) is 3.24. The van der Waals surface area contributed by atoms with Crippen molar-refractivity contribution < 1.29 is 14.6 Å². The molecule has 0 aliphatic carbocycles. The predicted octanol–water partition coefficient (Wildman–Crippen LogP) is 5.23. The molecule has 0 aliphatic rings. The van der Waals surface area contributed by atoms with Gasteiger partial charge in [0, 0.05) is 21.0 Å². The molecule has 2 N–H and O–H groups in total. The predicted molar refractivity (Wildman–Crippen MR) is 119 cm³/mol. The number of methoxy groups -OCH3 is 1. The van der Waals surface area contributed by atoms with Crippen molar-refractivity contribution in [2.24, 2.45) is 5.10 Å². The van der Waals surface area contributed by atoms with Crippen LogP contribution in [0.3, 0.4) is 0 Å².